The van der Waals surface area contributed by atoms with Crippen LogP contribution in [-0.2, 0) is 5.75 Å². The molecule has 0 aromatic carbocycles. The second kappa shape index (κ2) is 2.27. The average Bonchev–Trinajstić information content (AvgIpc) is 2.14. The number of aromatic nitrogens is 1. The fourth-order valence-corrected chi connectivity index (χ4v) is 1.89. The number of nitrogens with zero attached hydrogens (tertiary/aromatic N) is 1. The molecular formula is C6H10NS+. The maximum atomic E-state index is 4.14. The fourth-order valence-electron chi connectivity index (χ4n) is 0.680. The predicted molar refractivity (Wildman–Crippen MR) is 37.1 cm³/mol. The zero-order chi connectivity index (χ0) is 5.98. The van der Waals surface area contributed by atoms with Crippen LogP contribution in [0.1, 0.15) is 11.9 Å². The Kier molecular flexibility index (Phi) is 1.63. The molecule has 1 aromatic rings. The van der Waals surface area contributed by atoms with E-state index >= 15 is 0 Å². The van der Waals surface area contributed by atoms with E-state index in [0.29, 0.717) is 10.5 Å². The highest BCUT2D eigenvalue weighted by Gasteiger charge is 2.04. The van der Waals surface area contributed by atoms with Gasteiger partial charge in [0.25, 0.3) is 0 Å². The SMILES string of the molecule is CC[s+]1ccnc1C. The third-order valence-corrected chi connectivity index (χ3v) is 3.11. The van der Waals surface area contributed by atoms with Crippen LogP contribution in [0.25, 0.3) is 0 Å². The van der Waals surface area contributed by atoms with Gasteiger partial charge in [0.2, 0.25) is 5.01 Å². The summed E-state index contributed by atoms with van der Waals surface area (Å²) >= 11 is 0. The largest absolute Gasteiger partial charge is 0.238 e. The number of thiazole rings is 1. The van der Waals surface area contributed by atoms with Crippen LogP contribution in [0.15, 0.2) is 11.6 Å². The molecule has 0 aliphatic rings. The normalized spacial score (nSPS) is 12.0. The second-order valence-electron chi connectivity index (χ2n) is 1.65. The molecule has 0 N–H and O–H groups in total. The van der Waals surface area contributed by atoms with E-state index in [2.05, 4.69) is 24.2 Å². The standard InChI is InChI=1S/C6H10NS/c1-3-8-5-4-7-6(8)2/h4-5H,3H2,1-2H3/q+1. The second-order valence-corrected chi connectivity index (χ2v) is 3.95. The Labute approximate surface area is 52.4 Å². The molecule has 8 heavy (non-hydrogen) atoms. The number of hydrogen-bond acceptors (Lipinski definition) is 1. The van der Waals surface area contributed by atoms with Crippen molar-refractivity contribution in [1.29, 1.82) is 0 Å². The molecule has 1 unspecified atom stereocenters. The van der Waals surface area contributed by atoms with E-state index in [1.165, 1.54) is 10.8 Å². The summed E-state index contributed by atoms with van der Waals surface area (Å²) in [5, 5.41) is 3.46. The molecule has 1 rings (SSSR count). The van der Waals surface area contributed by atoms with Gasteiger partial charge in [-0.1, -0.05) is 0 Å². The molecule has 2 heteroatoms. The maximum absolute atomic E-state index is 4.14. The van der Waals surface area contributed by atoms with Crippen molar-refractivity contribution < 1.29 is 0 Å². The third kappa shape index (κ3) is 0.892. The van der Waals surface area contributed by atoms with Gasteiger partial charge in [-0.25, -0.2) is 4.98 Å². The van der Waals surface area contributed by atoms with E-state index in [1.807, 2.05) is 6.20 Å². The highest BCUT2D eigenvalue weighted by molar-refractivity contribution is 7.28. The molecule has 0 bridgehead atoms. The topological polar surface area (TPSA) is 12.9 Å². The minimum absolute atomic E-state index is 0.390. The summed E-state index contributed by atoms with van der Waals surface area (Å²) in [5.74, 6) is 1.21. The van der Waals surface area contributed by atoms with E-state index in [9.17, 15) is 0 Å². The molecule has 0 saturated carbocycles. The van der Waals surface area contributed by atoms with Crippen LogP contribution < -0.4 is 0 Å². The minimum Gasteiger partial charge on any atom is -0.206 e. The summed E-state index contributed by atoms with van der Waals surface area (Å²) in [6.07, 6.45) is 1.90. The Morgan fingerprint density at radius 1 is 1.75 bits per heavy atom. The molecule has 0 radical (unpaired) electrons. The van der Waals surface area contributed by atoms with E-state index in [-0.39, 0.29) is 0 Å². The quantitative estimate of drug-likeness (QED) is 0.528. The molecule has 1 atom stereocenters. The van der Waals surface area contributed by atoms with Crippen molar-refractivity contribution in [2.24, 2.45) is 0 Å². The lowest BCUT2D eigenvalue weighted by Gasteiger charge is -1.76. The van der Waals surface area contributed by atoms with Gasteiger partial charge in [-0.3, -0.25) is 0 Å². The van der Waals surface area contributed by atoms with Crippen LogP contribution in [-0.4, -0.2) is 4.98 Å². The number of hydrogen-bond donors (Lipinski definition) is 0. The zero-order valence-electron chi connectivity index (χ0n) is 5.22. The summed E-state index contributed by atoms with van der Waals surface area (Å²) in [7, 11) is 0.390. The van der Waals surface area contributed by atoms with Crippen LogP contribution >= 0.6 is 10.5 Å². The van der Waals surface area contributed by atoms with E-state index in [0.717, 1.165) is 0 Å². The van der Waals surface area contributed by atoms with Gasteiger partial charge in [0.05, 0.1) is 6.20 Å². The molecule has 0 spiro atoms. The van der Waals surface area contributed by atoms with Gasteiger partial charge in [0, 0.05) is 17.4 Å². The van der Waals surface area contributed by atoms with Gasteiger partial charge < -0.3 is 0 Å². The van der Waals surface area contributed by atoms with Gasteiger partial charge in [0.15, 0.2) is 5.38 Å². The smallest absolute Gasteiger partial charge is 0.206 e. The first kappa shape index (κ1) is 5.76. The van der Waals surface area contributed by atoms with Crippen LogP contribution in [0.2, 0.25) is 0 Å². The third-order valence-electron chi connectivity index (χ3n) is 1.17. The molecule has 0 amide bonds. The highest BCUT2D eigenvalue weighted by Crippen LogP contribution is 2.20. The molecule has 44 valence electrons. The van der Waals surface area contributed by atoms with Crippen molar-refractivity contribution >= 4 is 10.5 Å². The summed E-state index contributed by atoms with van der Waals surface area (Å²) in [5.41, 5.74) is 0. The summed E-state index contributed by atoms with van der Waals surface area (Å²) < 4.78 is 0. The van der Waals surface area contributed by atoms with Crippen molar-refractivity contribution in [2.45, 2.75) is 19.6 Å². The Morgan fingerprint density at radius 2 is 2.50 bits per heavy atom. The van der Waals surface area contributed by atoms with Gasteiger partial charge in [0.1, 0.15) is 5.75 Å². The van der Waals surface area contributed by atoms with Crippen molar-refractivity contribution in [3.63, 3.8) is 0 Å². The van der Waals surface area contributed by atoms with Gasteiger partial charge >= 0.3 is 0 Å². The number of aryl methyl sites for hydroxylation is 2. The average molecular weight is 128 g/mol. The summed E-state index contributed by atoms with van der Waals surface area (Å²) in [4.78, 5) is 4.14. The predicted octanol–water partition coefficient (Wildman–Crippen LogP) is 2.16. The van der Waals surface area contributed by atoms with Crippen molar-refractivity contribution in [1.82, 2.24) is 4.98 Å². The molecule has 0 saturated heterocycles. The lowest BCUT2D eigenvalue weighted by Crippen LogP contribution is -1.66. The Bertz CT molecular complexity index is 169. The van der Waals surface area contributed by atoms with Gasteiger partial charge in [-0.15, -0.1) is 0 Å². The van der Waals surface area contributed by atoms with Crippen molar-refractivity contribution in [3.8, 4) is 0 Å². The summed E-state index contributed by atoms with van der Waals surface area (Å²) in [6, 6.07) is 0. The monoisotopic (exact) mass is 128 g/mol. The zero-order valence-corrected chi connectivity index (χ0v) is 6.03. The highest BCUT2D eigenvalue weighted by atomic mass is 32.2. The van der Waals surface area contributed by atoms with Crippen LogP contribution in [0.3, 0.4) is 0 Å². The molecule has 0 fully saturated rings. The molecular weight excluding hydrogens is 118 g/mol. The minimum atomic E-state index is 0.390. The first-order valence-electron chi connectivity index (χ1n) is 2.75. The van der Waals surface area contributed by atoms with E-state index in [1.54, 1.807) is 0 Å². The fraction of sp³-hybridized carbons (Fsp3) is 0.500. The maximum Gasteiger partial charge on any atom is 0.238 e. The van der Waals surface area contributed by atoms with E-state index in [4.69, 9.17) is 0 Å². The first-order chi connectivity index (χ1) is 3.84. The van der Waals surface area contributed by atoms with Crippen molar-refractivity contribution in [3.05, 3.63) is 16.6 Å². The Hall–Kier alpha value is -0.370. The molecule has 1 aromatic heterocycles. The molecule has 0 aliphatic heterocycles. The lowest BCUT2D eigenvalue weighted by molar-refractivity contribution is 1.28. The van der Waals surface area contributed by atoms with Crippen molar-refractivity contribution in [2.75, 3.05) is 0 Å². The van der Waals surface area contributed by atoms with Gasteiger partial charge in [-0.2, -0.15) is 0 Å². The Balaban J connectivity index is 2.92. The van der Waals surface area contributed by atoms with Crippen LogP contribution in [0.5, 0.6) is 0 Å². The molecule has 0 aliphatic carbocycles. The number of rotatable bonds is 1. The van der Waals surface area contributed by atoms with E-state index < -0.39 is 0 Å². The lowest BCUT2D eigenvalue weighted by atomic mass is 10.8. The van der Waals surface area contributed by atoms with Gasteiger partial charge in [-0.05, 0) is 6.92 Å². The molecule has 1 nitrogen and oxygen atoms in total. The van der Waals surface area contributed by atoms with Crippen LogP contribution in [0, 0.1) is 6.92 Å². The van der Waals surface area contributed by atoms with Crippen LogP contribution in [0.4, 0.5) is 0 Å². The Morgan fingerprint density at radius 3 is 2.75 bits per heavy atom. The molecule has 1 heterocycles. The summed E-state index contributed by atoms with van der Waals surface area (Å²) in [6.45, 7) is 4.28. The first-order valence-corrected chi connectivity index (χ1v) is 4.21.